The van der Waals surface area contributed by atoms with Gasteiger partial charge in [0.05, 0.1) is 6.61 Å². The fraction of sp³-hybridized carbons (Fsp3) is 0.467. The number of rotatable bonds is 6. The van der Waals surface area contributed by atoms with E-state index < -0.39 is 0 Å². The molecule has 1 aromatic heterocycles. The van der Waals surface area contributed by atoms with Crippen LogP contribution in [0.3, 0.4) is 0 Å². The van der Waals surface area contributed by atoms with Crippen LogP contribution < -0.4 is 0 Å². The maximum absolute atomic E-state index is 6.14. The summed E-state index contributed by atoms with van der Waals surface area (Å²) in [5, 5.41) is 4.14. The second-order valence-electron chi connectivity index (χ2n) is 5.22. The van der Waals surface area contributed by atoms with E-state index in [4.69, 9.17) is 16.3 Å². The zero-order valence-electron chi connectivity index (χ0n) is 11.7. The van der Waals surface area contributed by atoms with E-state index in [2.05, 4.69) is 38.8 Å². The van der Waals surface area contributed by atoms with Crippen LogP contribution in [0.2, 0.25) is 4.34 Å². The molecule has 1 fully saturated rings. The Hall–Kier alpha value is -1.01. The van der Waals surface area contributed by atoms with E-state index >= 15 is 0 Å². The lowest BCUT2D eigenvalue weighted by Crippen LogP contribution is -2.37. The molecule has 21 heavy (non-hydrogen) atoms. The van der Waals surface area contributed by atoms with Gasteiger partial charge in [-0.1, -0.05) is 46.4 Å². The number of ether oxygens (including phenoxy) is 1. The number of halogens is 1. The molecule has 112 valence electrons. The average molecular weight is 324 g/mol. The summed E-state index contributed by atoms with van der Waals surface area (Å²) >= 11 is 7.39. The van der Waals surface area contributed by atoms with Crippen molar-refractivity contribution in [3.05, 3.63) is 45.9 Å². The van der Waals surface area contributed by atoms with Crippen molar-refractivity contribution < 1.29 is 4.74 Å². The van der Waals surface area contributed by atoms with E-state index in [1.54, 1.807) is 0 Å². The largest absolute Gasteiger partial charge is 0.380 e. The van der Waals surface area contributed by atoms with Crippen molar-refractivity contribution in [1.29, 1.82) is 0 Å². The van der Waals surface area contributed by atoms with Crippen LogP contribution in [0.4, 0.5) is 0 Å². The summed E-state index contributed by atoms with van der Waals surface area (Å²) in [6.45, 7) is 3.36. The van der Waals surface area contributed by atoms with Crippen molar-refractivity contribution in [2.24, 2.45) is 0 Å². The molecular formula is C15H18ClN3OS. The molecule has 2 heterocycles. The summed E-state index contributed by atoms with van der Waals surface area (Å²) < 4.78 is 10.1. The Bertz CT molecular complexity index is 557. The minimum absolute atomic E-state index is 0.450. The van der Waals surface area contributed by atoms with E-state index in [-0.39, 0.29) is 0 Å². The number of nitrogens with zero attached hydrogens (tertiary/aromatic N) is 3. The predicted molar refractivity (Wildman–Crippen MR) is 84.7 cm³/mol. The van der Waals surface area contributed by atoms with Gasteiger partial charge in [0.1, 0.15) is 10.0 Å². The second kappa shape index (κ2) is 7.31. The van der Waals surface area contributed by atoms with Gasteiger partial charge in [0, 0.05) is 37.3 Å². The minimum atomic E-state index is 0.450. The van der Waals surface area contributed by atoms with Gasteiger partial charge in [0.25, 0.3) is 0 Å². The molecule has 1 aliphatic heterocycles. The summed E-state index contributed by atoms with van der Waals surface area (Å²) in [6.07, 6.45) is 2.09. The molecule has 0 bridgehead atoms. The molecular weight excluding hydrogens is 306 g/mol. The highest BCUT2D eigenvalue weighted by atomic mass is 35.5. The highest BCUT2D eigenvalue weighted by Crippen LogP contribution is 2.22. The number of aromatic nitrogens is 2. The molecule has 1 saturated heterocycles. The molecule has 4 nitrogen and oxygen atoms in total. The third-order valence-corrected chi connectivity index (χ3v) is 4.80. The first-order valence-corrected chi connectivity index (χ1v) is 8.30. The fourth-order valence-corrected chi connectivity index (χ4v) is 3.21. The Kier molecular flexibility index (Phi) is 5.19. The molecule has 0 unspecified atom stereocenters. The van der Waals surface area contributed by atoms with E-state index in [0.717, 1.165) is 44.8 Å². The lowest BCUT2D eigenvalue weighted by Gasteiger charge is -2.27. The van der Waals surface area contributed by atoms with E-state index in [0.29, 0.717) is 10.4 Å². The molecule has 0 N–H and O–H groups in total. The van der Waals surface area contributed by atoms with E-state index in [9.17, 15) is 0 Å². The topological polar surface area (TPSA) is 38.2 Å². The number of hydrogen-bond donors (Lipinski definition) is 0. The molecule has 0 radical (unpaired) electrons. The van der Waals surface area contributed by atoms with Crippen molar-refractivity contribution in [3.63, 3.8) is 0 Å². The normalized spacial score (nSPS) is 18.5. The van der Waals surface area contributed by atoms with Gasteiger partial charge < -0.3 is 4.74 Å². The lowest BCUT2D eigenvalue weighted by atomic mass is 10.1. The third kappa shape index (κ3) is 4.01. The third-order valence-electron chi connectivity index (χ3n) is 3.81. The van der Waals surface area contributed by atoms with Crippen LogP contribution in [-0.2, 0) is 17.7 Å². The first kappa shape index (κ1) is 14.9. The molecule has 1 aliphatic rings. The van der Waals surface area contributed by atoms with Crippen molar-refractivity contribution in [2.75, 3.05) is 19.8 Å². The van der Waals surface area contributed by atoms with Crippen LogP contribution in [0.15, 0.2) is 30.3 Å². The van der Waals surface area contributed by atoms with Crippen LogP contribution in [-0.4, -0.2) is 40.3 Å². The molecule has 0 amide bonds. The van der Waals surface area contributed by atoms with Crippen LogP contribution in [0.5, 0.6) is 0 Å². The molecule has 0 aliphatic carbocycles. The van der Waals surface area contributed by atoms with Crippen molar-refractivity contribution in [2.45, 2.75) is 25.4 Å². The van der Waals surface area contributed by atoms with Crippen molar-refractivity contribution in [1.82, 2.24) is 14.5 Å². The maximum atomic E-state index is 6.14. The highest BCUT2D eigenvalue weighted by molar-refractivity contribution is 7.10. The van der Waals surface area contributed by atoms with Crippen LogP contribution in [0.1, 0.15) is 17.7 Å². The second-order valence-corrected chi connectivity index (χ2v) is 6.57. The summed E-state index contributed by atoms with van der Waals surface area (Å²) in [4.78, 5) is 2.42. The zero-order chi connectivity index (χ0) is 14.5. The van der Waals surface area contributed by atoms with Gasteiger partial charge in [0.2, 0.25) is 0 Å². The van der Waals surface area contributed by atoms with E-state index in [1.807, 2.05) is 6.07 Å². The fourth-order valence-electron chi connectivity index (χ4n) is 2.60. The van der Waals surface area contributed by atoms with E-state index in [1.165, 1.54) is 17.1 Å². The van der Waals surface area contributed by atoms with Crippen LogP contribution >= 0.6 is 23.1 Å². The van der Waals surface area contributed by atoms with Gasteiger partial charge in [0.15, 0.2) is 0 Å². The van der Waals surface area contributed by atoms with Gasteiger partial charge >= 0.3 is 0 Å². The first-order valence-electron chi connectivity index (χ1n) is 7.15. The Labute approximate surface area is 133 Å². The Morgan fingerprint density at radius 1 is 1.33 bits per heavy atom. The number of benzene rings is 1. The average Bonchev–Trinajstić information content (AvgIpc) is 3.17. The minimum Gasteiger partial charge on any atom is -0.380 e. The van der Waals surface area contributed by atoms with Gasteiger partial charge in [-0.15, -0.1) is 5.10 Å². The SMILES string of the molecule is Clc1snnc1CN(CCc1ccccc1)[C@@H]1CCOC1. The maximum Gasteiger partial charge on any atom is 0.138 e. The predicted octanol–water partition coefficient (Wildman–Crippen LogP) is 3.03. The Morgan fingerprint density at radius 2 is 2.19 bits per heavy atom. The summed E-state index contributed by atoms with van der Waals surface area (Å²) in [5.74, 6) is 0. The molecule has 0 saturated carbocycles. The quantitative estimate of drug-likeness (QED) is 0.819. The molecule has 6 heteroatoms. The van der Waals surface area contributed by atoms with Gasteiger partial charge in [-0.25, -0.2) is 0 Å². The van der Waals surface area contributed by atoms with Crippen molar-refractivity contribution in [3.8, 4) is 0 Å². The van der Waals surface area contributed by atoms with Gasteiger partial charge in [-0.05, 0) is 18.4 Å². The molecule has 0 spiro atoms. The first-order chi connectivity index (χ1) is 10.3. The van der Waals surface area contributed by atoms with Crippen LogP contribution in [0, 0.1) is 0 Å². The smallest absolute Gasteiger partial charge is 0.138 e. The van der Waals surface area contributed by atoms with Crippen LogP contribution in [0.25, 0.3) is 0 Å². The highest BCUT2D eigenvalue weighted by Gasteiger charge is 2.24. The molecule has 1 atom stereocenters. The van der Waals surface area contributed by atoms with Gasteiger partial charge in [-0.3, -0.25) is 4.90 Å². The molecule has 2 aromatic rings. The summed E-state index contributed by atoms with van der Waals surface area (Å²) in [5.41, 5.74) is 2.23. The van der Waals surface area contributed by atoms with Gasteiger partial charge in [-0.2, -0.15) is 0 Å². The Morgan fingerprint density at radius 3 is 2.86 bits per heavy atom. The van der Waals surface area contributed by atoms with Crippen molar-refractivity contribution >= 4 is 23.1 Å². The standard InChI is InChI=1S/C15H18ClN3OS/c16-15-14(17-18-21-15)10-19(13-7-9-20-11-13)8-6-12-4-2-1-3-5-12/h1-5,13H,6-11H2/t13-/m1/s1. The lowest BCUT2D eigenvalue weighted by molar-refractivity contribution is 0.139. The summed E-state index contributed by atoms with van der Waals surface area (Å²) in [6, 6.07) is 11.0. The Balaban J connectivity index is 1.65. The monoisotopic (exact) mass is 323 g/mol. The molecule has 3 rings (SSSR count). The number of hydrogen-bond acceptors (Lipinski definition) is 5. The summed E-state index contributed by atoms with van der Waals surface area (Å²) in [7, 11) is 0. The zero-order valence-corrected chi connectivity index (χ0v) is 13.3. The molecule has 1 aromatic carbocycles.